The maximum Gasteiger partial charge on any atom is 0.298 e. The van der Waals surface area contributed by atoms with E-state index in [2.05, 4.69) is 19.7 Å². The number of nitrogens with zero attached hydrogens (tertiary/aromatic N) is 5. The first kappa shape index (κ1) is 23.4. The van der Waals surface area contributed by atoms with Gasteiger partial charge in [0, 0.05) is 42.5 Å². The molecule has 0 fully saturated rings. The van der Waals surface area contributed by atoms with Crippen molar-refractivity contribution in [3.05, 3.63) is 87.1 Å². The minimum Gasteiger partial charge on any atom is -0.430 e. The van der Waals surface area contributed by atoms with Gasteiger partial charge in [-0.25, -0.2) is 4.98 Å². The summed E-state index contributed by atoms with van der Waals surface area (Å²) in [7, 11) is 3.17. The Hall–Kier alpha value is -3.76. The number of anilines is 2. The SMILES string of the molecule is Cc1nsc(Oc2ccc(Nc3ncc(C(=O)N(C)C)c(=O)n3Cc3ccc(Cl)cc3)cc2)n1. The zero-order valence-corrected chi connectivity index (χ0v) is 20.2. The van der Waals surface area contributed by atoms with E-state index in [0.717, 1.165) is 5.56 Å². The summed E-state index contributed by atoms with van der Waals surface area (Å²) in [5.74, 6) is 1.13. The highest BCUT2D eigenvalue weighted by molar-refractivity contribution is 7.07. The largest absolute Gasteiger partial charge is 0.430 e. The molecule has 11 heteroatoms. The van der Waals surface area contributed by atoms with Gasteiger partial charge >= 0.3 is 0 Å². The molecule has 1 amide bonds. The second kappa shape index (κ2) is 10.0. The zero-order chi connectivity index (χ0) is 24.2. The quantitative estimate of drug-likeness (QED) is 0.406. The van der Waals surface area contributed by atoms with Crippen LogP contribution in [-0.2, 0) is 6.54 Å². The van der Waals surface area contributed by atoms with Crippen molar-refractivity contribution in [3.8, 4) is 10.9 Å². The van der Waals surface area contributed by atoms with Crippen LogP contribution in [0.3, 0.4) is 0 Å². The third kappa shape index (κ3) is 5.41. The molecule has 9 nitrogen and oxygen atoms in total. The van der Waals surface area contributed by atoms with Gasteiger partial charge < -0.3 is 15.0 Å². The van der Waals surface area contributed by atoms with Crippen molar-refractivity contribution in [2.24, 2.45) is 0 Å². The fraction of sp³-hybridized carbons (Fsp3) is 0.174. The number of rotatable bonds is 7. The summed E-state index contributed by atoms with van der Waals surface area (Å²) >= 11 is 7.17. The van der Waals surface area contributed by atoms with E-state index in [1.807, 2.05) is 12.1 Å². The highest BCUT2D eigenvalue weighted by atomic mass is 35.5. The number of aryl methyl sites for hydroxylation is 1. The van der Waals surface area contributed by atoms with Gasteiger partial charge in [0.05, 0.1) is 6.54 Å². The molecule has 0 saturated carbocycles. The lowest BCUT2D eigenvalue weighted by molar-refractivity contribution is 0.0825. The third-order valence-electron chi connectivity index (χ3n) is 4.76. The van der Waals surface area contributed by atoms with Crippen LogP contribution in [0.1, 0.15) is 21.7 Å². The number of ether oxygens (including phenoxy) is 1. The van der Waals surface area contributed by atoms with Gasteiger partial charge in [-0.2, -0.15) is 9.36 Å². The van der Waals surface area contributed by atoms with Crippen LogP contribution in [0.4, 0.5) is 11.6 Å². The summed E-state index contributed by atoms with van der Waals surface area (Å²) in [5, 5.41) is 4.20. The fourth-order valence-corrected chi connectivity index (χ4v) is 3.74. The number of carbonyl (C=O) groups is 1. The molecule has 1 N–H and O–H groups in total. The van der Waals surface area contributed by atoms with Crippen LogP contribution in [-0.4, -0.2) is 43.8 Å². The predicted octanol–water partition coefficient (Wildman–Crippen LogP) is 4.34. The Morgan fingerprint density at radius 2 is 1.85 bits per heavy atom. The molecule has 0 spiro atoms. The molecular weight excluding hydrogens is 476 g/mol. The van der Waals surface area contributed by atoms with E-state index in [1.165, 1.54) is 27.2 Å². The molecule has 34 heavy (non-hydrogen) atoms. The number of amides is 1. The van der Waals surface area contributed by atoms with Gasteiger partial charge in [0.2, 0.25) is 5.95 Å². The first-order valence-corrected chi connectivity index (χ1v) is 11.4. The molecule has 0 aliphatic carbocycles. The first-order chi connectivity index (χ1) is 16.3. The van der Waals surface area contributed by atoms with E-state index < -0.39 is 11.5 Å². The molecule has 0 bridgehead atoms. The van der Waals surface area contributed by atoms with Crippen molar-refractivity contribution in [3.63, 3.8) is 0 Å². The molecule has 4 aromatic rings. The Bertz CT molecular complexity index is 1370. The van der Waals surface area contributed by atoms with E-state index in [9.17, 15) is 9.59 Å². The van der Waals surface area contributed by atoms with Gasteiger partial charge in [0.1, 0.15) is 17.1 Å². The molecule has 0 atom stereocenters. The predicted molar refractivity (Wildman–Crippen MR) is 132 cm³/mol. The van der Waals surface area contributed by atoms with Crippen LogP contribution in [0.25, 0.3) is 0 Å². The number of hydrogen-bond acceptors (Lipinski definition) is 8. The summed E-state index contributed by atoms with van der Waals surface area (Å²) in [5.41, 5.74) is 1.06. The summed E-state index contributed by atoms with van der Waals surface area (Å²) in [6.45, 7) is 2.00. The Kier molecular flexibility index (Phi) is 6.90. The molecule has 0 aliphatic heterocycles. The Morgan fingerprint density at radius 3 is 2.47 bits per heavy atom. The van der Waals surface area contributed by atoms with E-state index in [-0.39, 0.29) is 12.1 Å². The molecule has 0 saturated heterocycles. The zero-order valence-electron chi connectivity index (χ0n) is 18.7. The molecule has 2 aromatic heterocycles. The number of carbonyl (C=O) groups excluding carboxylic acids is 1. The highest BCUT2D eigenvalue weighted by Crippen LogP contribution is 2.25. The van der Waals surface area contributed by atoms with Crippen LogP contribution in [0.2, 0.25) is 5.02 Å². The van der Waals surface area contributed by atoms with Crippen LogP contribution < -0.4 is 15.6 Å². The molecule has 174 valence electrons. The van der Waals surface area contributed by atoms with Gasteiger partial charge in [-0.3, -0.25) is 14.2 Å². The Morgan fingerprint density at radius 1 is 1.15 bits per heavy atom. The van der Waals surface area contributed by atoms with E-state index in [4.69, 9.17) is 16.3 Å². The molecule has 4 rings (SSSR count). The minimum absolute atomic E-state index is 0.0133. The Labute approximate surface area is 204 Å². The highest BCUT2D eigenvalue weighted by Gasteiger charge is 2.18. The second-order valence-electron chi connectivity index (χ2n) is 7.57. The minimum atomic E-state index is -0.447. The lowest BCUT2D eigenvalue weighted by atomic mass is 10.2. The molecular formula is C23H21ClN6O3S. The van der Waals surface area contributed by atoms with Crippen molar-refractivity contribution < 1.29 is 9.53 Å². The molecule has 2 aromatic carbocycles. The normalized spacial score (nSPS) is 10.7. The topological polar surface area (TPSA) is 102 Å². The number of nitrogens with one attached hydrogen (secondary N) is 1. The van der Waals surface area contributed by atoms with Crippen molar-refractivity contribution in [1.29, 1.82) is 0 Å². The summed E-state index contributed by atoms with van der Waals surface area (Å²) in [6, 6.07) is 14.3. The molecule has 0 unspecified atom stereocenters. The molecule has 0 radical (unpaired) electrons. The maximum absolute atomic E-state index is 13.2. The number of halogens is 1. The lowest BCUT2D eigenvalue weighted by Gasteiger charge is -2.16. The standard InChI is InChI=1S/C23H21ClN6O3S/c1-14-26-23(34-28-14)33-18-10-8-17(9-11-18)27-22-25-12-19(20(31)29(2)3)21(32)30(22)13-15-4-6-16(24)7-5-15/h4-12H,13H2,1-3H3,(H,25,27). The summed E-state index contributed by atoms with van der Waals surface area (Å²) < 4.78 is 11.2. The monoisotopic (exact) mass is 496 g/mol. The smallest absolute Gasteiger partial charge is 0.298 e. The summed E-state index contributed by atoms with van der Waals surface area (Å²) in [6.07, 6.45) is 1.29. The molecule has 0 aliphatic rings. The summed E-state index contributed by atoms with van der Waals surface area (Å²) in [4.78, 5) is 35.6. The number of hydrogen-bond donors (Lipinski definition) is 1. The fourth-order valence-electron chi connectivity index (χ4n) is 3.05. The van der Waals surface area contributed by atoms with Crippen molar-refractivity contribution in [2.75, 3.05) is 19.4 Å². The molecule has 2 heterocycles. The van der Waals surface area contributed by atoms with Crippen LogP contribution >= 0.6 is 23.1 Å². The van der Waals surface area contributed by atoms with Gasteiger partial charge in [0.15, 0.2) is 0 Å². The van der Waals surface area contributed by atoms with E-state index in [0.29, 0.717) is 33.4 Å². The van der Waals surface area contributed by atoms with Crippen LogP contribution in [0, 0.1) is 6.92 Å². The van der Waals surface area contributed by atoms with Crippen molar-refractivity contribution in [2.45, 2.75) is 13.5 Å². The van der Waals surface area contributed by atoms with Crippen LogP contribution in [0.15, 0.2) is 59.5 Å². The van der Waals surface area contributed by atoms with E-state index >= 15 is 0 Å². The van der Waals surface area contributed by atoms with E-state index in [1.54, 1.807) is 57.4 Å². The lowest BCUT2D eigenvalue weighted by Crippen LogP contribution is -2.34. The number of benzene rings is 2. The van der Waals surface area contributed by atoms with Gasteiger partial charge in [-0.1, -0.05) is 23.7 Å². The maximum atomic E-state index is 13.2. The third-order valence-corrected chi connectivity index (χ3v) is 5.70. The van der Waals surface area contributed by atoms with Crippen LogP contribution in [0.5, 0.6) is 10.9 Å². The van der Waals surface area contributed by atoms with Gasteiger partial charge in [-0.15, -0.1) is 0 Å². The average molecular weight is 497 g/mol. The van der Waals surface area contributed by atoms with Crippen molar-refractivity contribution in [1.82, 2.24) is 23.8 Å². The number of aromatic nitrogens is 4. The van der Waals surface area contributed by atoms with Gasteiger partial charge in [-0.05, 0) is 48.9 Å². The second-order valence-corrected chi connectivity index (χ2v) is 8.72. The Balaban J connectivity index is 1.63. The average Bonchev–Trinajstić information content (AvgIpc) is 3.23. The van der Waals surface area contributed by atoms with Crippen molar-refractivity contribution >= 4 is 40.7 Å². The first-order valence-electron chi connectivity index (χ1n) is 10.2. The van der Waals surface area contributed by atoms with Gasteiger partial charge in [0.25, 0.3) is 16.7 Å².